The summed E-state index contributed by atoms with van der Waals surface area (Å²) in [5, 5.41) is 9.22. The molecule has 1 unspecified atom stereocenters. The van der Waals surface area contributed by atoms with Crippen molar-refractivity contribution in [2.24, 2.45) is 11.8 Å². The molecule has 1 aromatic rings. The van der Waals surface area contributed by atoms with E-state index in [-0.39, 0.29) is 11.8 Å². The van der Waals surface area contributed by atoms with Crippen molar-refractivity contribution in [3.05, 3.63) is 35.4 Å². The van der Waals surface area contributed by atoms with Crippen LogP contribution in [0.25, 0.3) is 0 Å². The van der Waals surface area contributed by atoms with Crippen LogP contribution in [0.4, 0.5) is 0 Å². The molecule has 1 aliphatic rings. The normalized spacial score (nSPS) is 16.4. The number of carboxylic acids is 1. The molecule has 0 saturated heterocycles. The van der Waals surface area contributed by atoms with Gasteiger partial charge in [0, 0.05) is 18.7 Å². The molecule has 0 aromatic heterocycles. The highest BCUT2D eigenvalue weighted by molar-refractivity contribution is 5.96. The summed E-state index contributed by atoms with van der Waals surface area (Å²) in [6.07, 6.45) is 0.798. The Hall–Kier alpha value is -1.84. The average molecular weight is 261 g/mol. The van der Waals surface area contributed by atoms with Crippen molar-refractivity contribution in [1.29, 1.82) is 0 Å². The van der Waals surface area contributed by atoms with Crippen LogP contribution in [0.15, 0.2) is 24.3 Å². The van der Waals surface area contributed by atoms with Crippen LogP contribution >= 0.6 is 0 Å². The molecule has 1 N–H and O–H groups in total. The minimum Gasteiger partial charge on any atom is -0.481 e. The lowest BCUT2D eigenvalue weighted by Gasteiger charge is -2.31. The number of hydrogen-bond donors (Lipinski definition) is 1. The highest BCUT2D eigenvalue weighted by atomic mass is 16.4. The number of aliphatic carboxylic acids is 1. The topological polar surface area (TPSA) is 57.6 Å². The van der Waals surface area contributed by atoms with Crippen LogP contribution in [0.1, 0.15) is 29.8 Å². The van der Waals surface area contributed by atoms with E-state index in [1.165, 1.54) is 0 Å². The van der Waals surface area contributed by atoms with Gasteiger partial charge in [0.05, 0.1) is 5.92 Å². The lowest BCUT2D eigenvalue weighted by Crippen LogP contribution is -2.43. The van der Waals surface area contributed by atoms with Gasteiger partial charge in [0.1, 0.15) is 0 Å². The van der Waals surface area contributed by atoms with Crippen molar-refractivity contribution in [1.82, 2.24) is 4.90 Å². The number of carbonyl (C=O) groups excluding carboxylic acids is 1. The Morgan fingerprint density at radius 2 is 2.05 bits per heavy atom. The predicted molar refractivity (Wildman–Crippen MR) is 72.0 cm³/mol. The van der Waals surface area contributed by atoms with Gasteiger partial charge < -0.3 is 10.0 Å². The molecule has 1 amide bonds. The second kappa shape index (κ2) is 5.43. The summed E-state index contributed by atoms with van der Waals surface area (Å²) in [4.78, 5) is 25.2. The van der Waals surface area contributed by atoms with Gasteiger partial charge in [-0.25, -0.2) is 0 Å². The van der Waals surface area contributed by atoms with Gasteiger partial charge in [-0.1, -0.05) is 32.0 Å². The Morgan fingerprint density at radius 1 is 1.37 bits per heavy atom. The van der Waals surface area contributed by atoms with Gasteiger partial charge in [-0.05, 0) is 24.0 Å². The number of carbonyl (C=O) groups is 2. The third-order valence-corrected chi connectivity index (χ3v) is 3.73. The van der Waals surface area contributed by atoms with Gasteiger partial charge in [0.15, 0.2) is 0 Å². The van der Waals surface area contributed by atoms with Crippen molar-refractivity contribution >= 4 is 11.9 Å². The van der Waals surface area contributed by atoms with Crippen LogP contribution in [0.3, 0.4) is 0 Å². The van der Waals surface area contributed by atoms with E-state index in [1.54, 1.807) is 4.90 Å². The van der Waals surface area contributed by atoms with Gasteiger partial charge >= 0.3 is 5.97 Å². The van der Waals surface area contributed by atoms with Crippen LogP contribution in [-0.2, 0) is 11.2 Å². The second-order valence-electron chi connectivity index (χ2n) is 5.35. The van der Waals surface area contributed by atoms with Crippen molar-refractivity contribution in [3.8, 4) is 0 Å². The molecule has 0 aliphatic carbocycles. The van der Waals surface area contributed by atoms with Gasteiger partial charge in [-0.3, -0.25) is 9.59 Å². The van der Waals surface area contributed by atoms with E-state index in [4.69, 9.17) is 0 Å². The number of nitrogens with zero attached hydrogens (tertiary/aromatic N) is 1. The van der Waals surface area contributed by atoms with E-state index in [0.717, 1.165) is 12.0 Å². The maximum atomic E-state index is 12.3. The Kier molecular flexibility index (Phi) is 3.88. The summed E-state index contributed by atoms with van der Waals surface area (Å²) < 4.78 is 0. The van der Waals surface area contributed by atoms with E-state index < -0.39 is 11.9 Å². The standard InChI is InChI=1S/C15H19NO3/c1-10(2)13(15(18)19)9-16-8-7-11-5-3-4-6-12(11)14(16)17/h3-6,10,13H,7-9H2,1-2H3,(H,18,19). The van der Waals surface area contributed by atoms with Crippen molar-refractivity contribution < 1.29 is 14.7 Å². The summed E-state index contributed by atoms with van der Waals surface area (Å²) in [6.45, 7) is 4.65. The summed E-state index contributed by atoms with van der Waals surface area (Å²) in [5.41, 5.74) is 1.77. The lowest BCUT2D eigenvalue weighted by atomic mass is 9.93. The molecule has 102 valence electrons. The zero-order valence-electron chi connectivity index (χ0n) is 11.3. The monoisotopic (exact) mass is 261 g/mol. The van der Waals surface area contributed by atoms with E-state index in [1.807, 2.05) is 38.1 Å². The van der Waals surface area contributed by atoms with Crippen LogP contribution in [-0.4, -0.2) is 35.0 Å². The summed E-state index contributed by atoms with van der Waals surface area (Å²) in [5.74, 6) is -1.37. The van der Waals surface area contributed by atoms with Gasteiger partial charge in [0.2, 0.25) is 0 Å². The molecule has 1 aromatic carbocycles. The third kappa shape index (κ3) is 2.78. The van der Waals surface area contributed by atoms with E-state index in [0.29, 0.717) is 18.7 Å². The minimum atomic E-state index is -0.832. The molecular formula is C15H19NO3. The molecule has 0 radical (unpaired) electrons. The van der Waals surface area contributed by atoms with Gasteiger partial charge in [-0.2, -0.15) is 0 Å². The number of carboxylic acid groups (broad SMARTS) is 1. The molecule has 0 bridgehead atoms. The SMILES string of the molecule is CC(C)C(CN1CCc2ccccc2C1=O)C(=O)O. The van der Waals surface area contributed by atoms with Gasteiger partial charge in [-0.15, -0.1) is 0 Å². The third-order valence-electron chi connectivity index (χ3n) is 3.73. The highest BCUT2D eigenvalue weighted by Gasteiger charge is 2.30. The van der Waals surface area contributed by atoms with Gasteiger partial charge in [0.25, 0.3) is 5.91 Å². The zero-order valence-corrected chi connectivity index (χ0v) is 11.3. The largest absolute Gasteiger partial charge is 0.481 e. The molecule has 1 heterocycles. The number of benzene rings is 1. The first-order chi connectivity index (χ1) is 9.00. The fourth-order valence-electron chi connectivity index (χ4n) is 2.46. The maximum Gasteiger partial charge on any atom is 0.308 e. The minimum absolute atomic E-state index is 0.0162. The van der Waals surface area contributed by atoms with Crippen LogP contribution in [0.5, 0.6) is 0 Å². The van der Waals surface area contributed by atoms with Crippen LogP contribution in [0, 0.1) is 11.8 Å². The quantitative estimate of drug-likeness (QED) is 0.902. The van der Waals surface area contributed by atoms with Crippen molar-refractivity contribution in [2.75, 3.05) is 13.1 Å². The first kappa shape index (κ1) is 13.6. The molecule has 4 heteroatoms. The van der Waals surface area contributed by atoms with Crippen LogP contribution in [0.2, 0.25) is 0 Å². The molecule has 1 atom stereocenters. The lowest BCUT2D eigenvalue weighted by molar-refractivity contribution is -0.143. The fourth-order valence-corrected chi connectivity index (χ4v) is 2.46. The van der Waals surface area contributed by atoms with Crippen LogP contribution < -0.4 is 0 Å². The maximum absolute atomic E-state index is 12.3. The Balaban J connectivity index is 2.16. The van der Waals surface area contributed by atoms with E-state index >= 15 is 0 Å². The molecule has 0 saturated carbocycles. The Bertz CT molecular complexity index is 496. The Labute approximate surface area is 113 Å². The summed E-state index contributed by atoms with van der Waals surface area (Å²) in [7, 11) is 0. The molecule has 0 spiro atoms. The molecule has 19 heavy (non-hydrogen) atoms. The first-order valence-electron chi connectivity index (χ1n) is 6.60. The molecular weight excluding hydrogens is 242 g/mol. The number of fused-ring (bicyclic) bond motifs is 1. The summed E-state index contributed by atoms with van der Waals surface area (Å²) in [6, 6.07) is 7.55. The van der Waals surface area contributed by atoms with E-state index in [9.17, 15) is 14.7 Å². The smallest absolute Gasteiger partial charge is 0.308 e. The fraction of sp³-hybridized carbons (Fsp3) is 0.467. The number of amides is 1. The molecule has 1 aliphatic heterocycles. The molecule has 2 rings (SSSR count). The molecule has 4 nitrogen and oxygen atoms in total. The highest BCUT2D eigenvalue weighted by Crippen LogP contribution is 2.21. The molecule has 0 fully saturated rings. The number of rotatable bonds is 4. The zero-order chi connectivity index (χ0) is 14.0. The predicted octanol–water partition coefficient (Wildman–Crippen LogP) is 2.04. The van der Waals surface area contributed by atoms with Crippen molar-refractivity contribution in [2.45, 2.75) is 20.3 Å². The summed E-state index contributed by atoms with van der Waals surface area (Å²) >= 11 is 0. The van der Waals surface area contributed by atoms with Crippen molar-refractivity contribution in [3.63, 3.8) is 0 Å². The Morgan fingerprint density at radius 3 is 2.68 bits per heavy atom. The average Bonchev–Trinajstić information content (AvgIpc) is 2.37. The second-order valence-corrected chi connectivity index (χ2v) is 5.35. The first-order valence-corrected chi connectivity index (χ1v) is 6.60. The number of hydrogen-bond acceptors (Lipinski definition) is 2. The van der Waals surface area contributed by atoms with E-state index in [2.05, 4.69) is 0 Å².